The molecule has 0 saturated carbocycles. The van der Waals surface area contributed by atoms with E-state index in [4.69, 9.17) is 0 Å². The van der Waals surface area contributed by atoms with Crippen molar-refractivity contribution in [2.24, 2.45) is 0 Å². The Labute approximate surface area is 60.0 Å². The van der Waals surface area contributed by atoms with Gasteiger partial charge < -0.3 is 4.74 Å². The summed E-state index contributed by atoms with van der Waals surface area (Å²) in [4.78, 5) is 10.4. The lowest BCUT2D eigenvalue weighted by atomic mass is 10.5. The van der Waals surface area contributed by atoms with Crippen molar-refractivity contribution in [2.75, 3.05) is 18.6 Å². The van der Waals surface area contributed by atoms with E-state index in [1.54, 1.807) is 11.8 Å². The van der Waals surface area contributed by atoms with Gasteiger partial charge in [-0.3, -0.25) is 4.79 Å². The van der Waals surface area contributed by atoms with E-state index in [9.17, 15) is 4.79 Å². The quantitative estimate of drug-likeness (QED) is 0.440. The molecule has 1 radical (unpaired) electrons. The van der Waals surface area contributed by atoms with Crippen molar-refractivity contribution >= 4 is 17.7 Å². The van der Waals surface area contributed by atoms with Crippen LogP contribution in [-0.2, 0) is 9.53 Å². The molecule has 0 atom stereocenters. The molecule has 0 aromatic heterocycles. The third kappa shape index (κ3) is 5.69. The average Bonchev–Trinajstić information content (AvgIpc) is 1.89. The summed E-state index contributed by atoms with van der Waals surface area (Å²) in [5, 5.41) is 0. The van der Waals surface area contributed by atoms with Crippen molar-refractivity contribution < 1.29 is 9.53 Å². The lowest BCUT2D eigenvalue weighted by Gasteiger charge is -1.95. The molecule has 9 heavy (non-hydrogen) atoms. The van der Waals surface area contributed by atoms with E-state index in [2.05, 4.69) is 11.7 Å². The molecule has 3 heteroatoms. The van der Waals surface area contributed by atoms with Gasteiger partial charge in [0, 0.05) is 5.75 Å². The van der Waals surface area contributed by atoms with Crippen LogP contribution < -0.4 is 0 Å². The fraction of sp³-hybridized carbons (Fsp3) is 0.667. The SMILES string of the molecule is [CH2]CSCCC(=O)OC. The van der Waals surface area contributed by atoms with Gasteiger partial charge in [0.15, 0.2) is 0 Å². The van der Waals surface area contributed by atoms with E-state index < -0.39 is 0 Å². The predicted molar refractivity (Wildman–Crippen MR) is 39.3 cm³/mol. The zero-order valence-electron chi connectivity index (χ0n) is 5.55. The molecule has 0 aliphatic rings. The monoisotopic (exact) mass is 147 g/mol. The van der Waals surface area contributed by atoms with Gasteiger partial charge in [0.1, 0.15) is 0 Å². The van der Waals surface area contributed by atoms with Gasteiger partial charge in [0.25, 0.3) is 0 Å². The number of carbonyl (C=O) groups is 1. The Kier molecular flexibility index (Phi) is 5.83. The van der Waals surface area contributed by atoms with Gasteiger partial charge in [-0.2, -0.15) is 11.8 Å². The second kappa shape index (κ2) is 5.95. The van der Waals surface area contributed by atoms with E-state index in [1.807, 2.05) is 0 Å². The van der Waals surface area contributed by atoms with Crippen molar-refractivity contribution in [3.63, 3.8) is 0 Å². The normalized spacial score (nSPS) is 9.11. The minimum atomic E-state index is -0.143. The standard InChI is InChI=1S/C6H11O2S/c1-3-9-5-4-6(7)8-2/h1,3-5H2,2H3. The molecule has 0 fully saturated rings. The van der Waals surface area contributed by atoms with Gasteiger partial charge in [-0.05, 0) is 12.7 Å². The first-order chi connectivity index (χ1) is 4.31. The molecule has 0 bridgehead atoms. The molecule has 0 N–H and O–H groups in total. The van der Waals surface area contributed by atoms with Crippen LogP contribution in [0.5, 0.6) is 0 Å². The van der Waals surface area contributed by atoms with E-state index in [0.29, 0.717) is 6.42 Å². The van der Waals surface area contributed by atoms with Gasteiger partial charge in [0.05, 0.1) is 13.5 Å². The molecule has 0 rings (SSSR count). The van der Waals surface area contributed by atoms with Gasteiger partial charge in [-0.25, -0.2) is 0 Å². The summed E-state index contributed by atoms with van der Waals surface area (Å²) in [7, 11) is 1.40. The number of carbonyl (C=O) groups excluding carboxylic acids is 1. The highest BCUT2D eigenvalue weighted by Gasteiger charge is 1.96. The van der Waals surface area contributed by atoms with Crippen LogP contribution >= 0.6 is 11.8 Å². The maximum Gasteiger partial charge on any atom is 0.306 e. The summed E-state index contributed by atoms with van der Waals surface area (Å²) in [6.45, 7) is 3.62. The molecule has 2 nitrogen and oxygen atoms in total. The van der Waals surface area contributed by atoms with Crippen molar-refractivity contribution in [2.45, 2.75) is 6.42 Å². The number of hydrogen-bond donors (Lipinski definition) is 0. The Morgan fingerprint density at radius 1 is 1.78 bits per heavy atom. The minimum absolute atomic E-state index is 0.143. The lowest BCUT2D eigenvalue weighted by Crippen LogP contribution is -2.00. The van der Waals surface area contributed by atoms with Crippen LogP contribution in [-0.4, -0.2) is 24.6 Å². The minimum Gasteiger partial charge on any atom is -0.469 e. The number of ether oxygens (including phenoxy) is 1. The second-order valence-electron chi connectivity index (χ2n) is 1.44. The molecule has 0 amide bonds. The van der Waals surface area contributed by atoms with E-state index in [-0.39, 0.29) is 5.97 Å². The van der Waals surface area contributed by atoms with Crippen LogP contribution in [0.2, 0.25) is 0 Å². The summed E-state index contributed by atoms with van der Waals surface area (Å²) >= 11 is 1.64. The lowest BCUT2D eigenvalue weighted by molar-refractivity contribution is -0.140. The average molecular weight is 147 g/mol. The molecule has 0 unspecified atom stereocenters. The van der Waals surface area contributed by atoms with Crippen molar-refractivity contribution in [1.29, 1.82) is 0 Å². The first kappa shape index (κ1) is 8.82. The molecule has 0 heterocycles. The maximum absolute atomic E-state index is 10.4. The highest BCUT2D eigenvalue weighted by atomic mass is 32.2. The van der Waals surface area contributed by atoms with E-state index in [1.165, 1.54) is 7.11 Å². The van der Waals surface area contributed by atoms with Gasteiger partial charge in [-0.1, -0.05) is 0 Å². The fourth-order valence-electron chi connectivity index (χ4n) is 0.360. The van der Waals surface area contributed by atoms with Crippen LogP contribution in [0.3, 0.4) is 0 Å². The highest BCUT2D eigenvalue weighted by molar-refractivity contribution is 7.99. The number of rotatable bonds is 4. The number of methoxy groups -OCH3 is 1. The fourth-order valence-corrected chi connectivity index (χ4v) is 0.875. The molecular formula is C6H11O2S. The van der Waals surface area contributed by atoms with Crippen LogP contribution in [0, 0.1) is 6.92 Å². The van der Waals surface area contributed by atoms with Crippen molar-refractivity contribution in [1.82, 2.24) is 0 Å². The van der Waals surface area contributed by atoms with E-state index in [0.717, 1.165) is 11.5 Å². The Morgan fingerprint density at radius 2 is 2.44 bits per heavy atom. The van der Waals surface area contributed by atoms with Crippen molar-refractivity contribution in [3.8, 4) is 0 Å². The third-order valence-corrected chi connectivity index (χ3v) is 1.60. The molecule has 53 valence electrons. The highest BCUT2D eigenvalue weighted by Crippen LogP contribution is 2.00. The van der Waals surface area contributed by atoms with E-state index >= 15 is 0 Å². The zero-order valence-corrected chi connectivity index (χ0v) is 6.37. The first-order valence-corrected chi connectivity index (χ1v) is 3.90. The molecule has 0 aromatic rings. The Bertz CT molecular complexity index is 83.1. The number of hydrogen-bond acceptors (Lipinski definition) is 3. The van der Waals surface area contributed by atoms with Crippen LogP contribution in [0.25, 0.3) is 0 Å². The van der Waals surface area contributed by atoms with Gasteiger partial charge in [0.2, 0.25) is 0 Å². The van der Waals surface area contributed by atoms with Crippen LogP contribution in [0.4, 0.5) is 0 Å². The molecular weight excluding hydrogens is 136 g/mol. The molecule has 0 spiro atoms. The molecule has 0 aliphatic heterocycles. The van der Waals surface area contributed by atoms with Crippen LogP contribution in [0.15, 0.2) is 0 Å². The Morgan fingerprint density at radius 3 is 2.89 bits per heavy atom. The second-order valence-corrected chi connectivity index (χ2v) is 2.66. The predicted octanol–water partition coefficient (Wildman–Crippen LogP) is 1.12. The van der Waals surface area contributed by atoms with Gasteiger partial charge >= 0.3 is 5.97 Å². The summed E-state index contributed by atoms with van der Waals surface area (Å²) in [6.07, 6.45) is 0.497. The summed E-state index contributed by atoms with van der Waals surface area (Å²) in [5.74, 6) is 1.49. The van der Waals surface area contributed by atoms with Crippen molar-refractivity contribution in [3.05, 3.63) is 6.92 Å². The topological polar surface area (TPSA) is 26.3 Å². The smallest absolute Gasteiger partial charge is 0.306 e. The summed E-state index contributed by atoms with van der Waals surface area (Å²) < 4.78 is 4.42. The first-order valence-electron chi connectivity index (χ1n) is 2.75. The maximum atomic E-state index is 10.4. The summed E-state index contributed by atoms with van der Waals surface area (Å²) in [6, 6.07) is 0. The summed E-state index contributed by atoms with van der Waals surface area (Å²) in [5.41, 5.74) is 0. The zero-order chi connectivity index (χ0) is 7.11. The van der Waals surface area contributed by atoms with Crippen LogP contribution in [0.1, 0.15) is 6.42 Å². The largest absolute Gasteiger partial charge is 0.469 e. The third-order valence-electron chi connectivity index (χ3n) is 0.823. The Balaban J connectivity index is 2.97. The molecule has 0 saturated heterocycles. The molecule has 0 aromatic carbocycles. The number of thioether (sulfide) groups is 1. The van der Waals surface area contributed by atoms with Gasteiger partial charge in [-0.15, -0.1) is 0 Å². The Hall–Kier alpha value is -0.180. The number of esters is 1. The molecule has 0 aliphatic carbocycles.